The molecule has 0 aromatic rings. The van der Waals surface area contributed by atoms with Crippen LogP contribution < -0.4 is 0 Å². The van der Waals surface area contributed by atoms with Gasteiger partial charge in [0.15, 0.2) is 0 Å². The fourth-order valence-electron chi connectivity index (χ4n) is 1.08. The molecule has 0 aliphatic heterocycles. The Morgan fingerprint density at radius 3 is 2.33 bits per heavy atom. The molecule has 0 N–H and O–H groups in total. The number of rotatable bonds is 4. The van der Waals surface area contributed by atoms with Crippen molar-refractivity contribution in [1.29, 1.82) is 0 Å². The molecule has 0 aliphatic carbocycles. The van der Waals surface area contributed by atoms with Gasteiger partial charge in [-0.25, -0.2) is 0 Å². The van der Waals surface area contributed by atoms with Crippen molar-refractivity contribution >= 4 is 0 Å². The first-order chi connectivity index (χ1) is 4.35. The quantitative estimate of drug-likeness (QED) is 0.506. The Morgan fingerprint density at radius 1 is 1.33 bits per heavy atom. The molecule has 0 unspecified atom stereocenters. The average Bonchev–Trinajstić information content (AvgIpc) is 1.88. The highest BCUT2D eigenvalue weighted by molar-refractivity contribution is 4.84. The molecular formula is C9H18. The van der Waals surface area contributed by atoms with Gasteiger partial charge in [0, 0.05) is 0 Å². The van der Waals surface area contributed by atoms with Crippen LogP contribution in [-0.4, -0.2) is 0 Å². The summed E-state index contributed by atoms with van der Waals surface area (Å²) in [5, 5.41) is 0. The van der Waals surface area contributed by atoms with Gasteiger partial charge in [0.2, 0.25) is 0 Å². The molecule has 54 valence electrons. The molecule has 0 heterocycles. The summed E-state index contributed by atoms with van der Waals surface area (Å²) in [4.78, 5) is 0. The van der Waals surface area contributed by atoms with Gasteiger partial charge in [-0.1, -0.05) is 32.4 Å². The Hall–Kier alpha value is -0.260. The van der Waals surface area contributed by atoms with Crippen molar-refractivity contribution in [2.75, 3.05) is 0 Å². The second kappa shape index (κ2) is 5.87. The monoisotopic (exact) mass is 126 g/mol. The number of hydrogen-bond acceptors (Lipinski definition) is 0. The summed E-state index contributed by atoms with van der Waals surface area (Å²) >= 11 is 0. The lowest BCUT2D eigenvalue weighted by Crippen LogP contribution is -1.91. The van der Waals surface area contributed by atoms with E-state index in [1.54, 1.807) is 0 Å². The smallest absolute Gasteiger partial charge is 0.0236 e. The van der Waals surface area contributed by atoms with Gasteiger partial charge in [0.05, 0.1) is 0 Å². The Kier molecular flexibility index (Phi) is 5.70. The third-order valence-corrected chi connectivity index (χ3v) is 1.65. The van der Waals surface area contributed by atoms with E-state index in [0.717, 1.165) is 5.92 Å². The molecule has 0 saturated heterocycles. The zero-order valence-corrected chi connectivity index (χ0v) is 6.85. The van der Waals surface area contributed by atoms with Crippen LogP contribution in [0.3, 0.4) is 0 Å². The minimum atomic E-state index is 0.833. The van der Waals surface area contributed by atoms with E-state index in [9.17, 15) is 0 Å². The topological polar surface area (TPSA) is 0 Å². The summed E-state index contributed by atoms with van der Waals surface area (Å²) in [7, 11) is 0. The molecule has 0 aromatic carbocycles. The number of allylic oxidation sites excluding steroid dienone is 2. The van der Waals surface area contributed by atoms with Crippen molar-refractivity contribution in [3.63, 3.8) is 0 Å². The molecule has 0 aliphatic rings. The van der Waals surface area contributed by atoms with Gasteiger partial charge >= 0.3 is 0 Å². The standard InChI is InChI=1S/C9H18/c1-4-7-9(6-3)8-5-2/h4,7,9H,5-6,8H2,1-3H3/b7-4-/t9-/m0/s1. The lowest BCUT2D eigenvalue weighted by Gasteiger charge is -2.05. The summed E-state index contributed by atoms with van der Waals surface area (Å²) in [5.41, 5.74) is 0. The normalized spacial score (nSPS) is 14.6. The van der Waals surface area contributed by atoms with Gasteiger partial charge in [-0.2, -0.15) is 0 Å². The van der Waals surface area contributed by atoms with E-state index in [-0.39, 0.29) is 0 Å². The first-order valence-electron chi connectivity index (χ1n) is 3.97. The molecule has 0 rings (SSSR count). The second-order valence-corrected chi connectivity index (χ2v) is 2.48. The van der Waals surface area contributed by atoms with E-state index < -0.39 is 0 Å². The van der Waals surface area contributed by atoms with Crippen LogP contribution in [0.15, 0.2) is 12.2 Å². The highest BCUT2D eigenvalue weighted by Gasteiger charge is 1.96. The minimum Gasteiger partial charge on any atom is -0.0914 e. The van der Waals surface area contributed by atoms with Crippen LogP contribution in [0.2, 0.25) is 0 Å². The highest BCUT2D eigenvalue weighted by Crippen LogP contribution is 2.11. The van der Waals surface area contributed by atoms with E-state index in [1.807, 2.05) is 0 Å². The molecule has 0 fully saturated rings. The molecule has 0 radical (unpaired) electrons. The van der Waals surface area contributed by atoms with Gasteiger partial charge < -0.3 is 0 Å². The summed E-state index contributed by atoms with van der Waals surface area (Å²) < 4.78 is 0. The zero-order valence-electron chi connectivity index (χ0n) is 6.85. The molecule has 0 bridgehead atoms. The molecular weight excluding hydrogens is 108 g/mol. The fraction of sp³-hybridized carbons (Fsp3) is 0.778. The fourth-order valence-corrected chi connectivity index (χ4v) is 1.08. The van der Waals surface area contributed by atoms with E-state index in [4.69, 9.17) is 0 Å². The van der Waals surface area contributed by atoms with E-state index in [0.29, 0.717) is 0 Å². The van der Waals surface area contributed by atoms with Crippen LogP contribution >= 0.6 is 0 Å². The van der Waals surface area contributed by atoms with Gasteiger partial charge in [0.1, 0.15) is 0 Å². The molecule has 1 atom stereocenters. The Balaban J connectivity index is 3.41. The van der Waals surface area contributed by atoms with Crippen LogP contribution in [-0.2, 0) is 0 Å². The molecule has 0 spiro atoms. The van der Waals surface area contributed by atoms with Crippen molar-refractivity contribution in [1.82, 2.24) is 0 Å². The second-order valence-electron chi connectivity index (χ2n) is 2.48. The maximum atomic E-state index is 2.31. The average molecular weight is 126 g/mol. The minimum absolute atomic E-state index is 0.833. The number of hydrogen-bond donors (Lipinski definition) is 0. The summed E-state index contributed by atoms with van der Waals surface area (Å²) in [6.07, 6.45) is 8.41. The van der Waals surface area contributed by atoms with Crippen molar-refractivity contribution in [2.45, 2.75) is 40.0 Å². The third-order valence-electron chi connectivity index (χ3n) is 1.65. The molecule has 0 nitrogen and oxygen atoms in total. The Morgan fingerprint density at radius 2 is 2.00 bits per heavy atom. The van der Waals surface area contributed by atoms with E-state index in [2.05, 4.69) is 32.9 Å². The zero-order chi connectivity index (χ0) is 7.11. The van der Waals surface area contributed by atoms with E-state index >= 15 is 0 Å². The summed E-state index contributed by atoms with van der Waals surface area (Å²) in [6, 6.07) is 0. The maximum Gasteiger partial charge on any atom is -0.0236 e. The Bertz CT molecular complexity index is 72.1. The lowest BCUT2D eigenvalue weighted by atomic mass is 10.0. The largest absolute Gasteiger partial charge is 0.0914 e. The first-order valence-corrected chi connectivity index (χ1v) is 3.97. The van der Waals surface area contributed by atoms with Crippen LogP contribution in [0, 0.1) is 5.92 Å². The molecule has 0 amide bonds. The van der Waals surface area contributed by atoms with Gasteiger partial charge in [-0.05, 0) is 25.7 Å². The lowest BCUT2D eigenvalue weighted by molar-refractivity contribution is 0.563. The van der Waals surface area contributed by atoms with Crippen LogP contribution in [0.4, 0.5) is 0 Å². The highest BCUT2D eigenvalue weighted by atomic mass is 14.0. The van der Waals surface area contributed by atoms with Gasteiger partial charge in [0.25, 0.3) is 0 Å². The van der Waals surface area contributed by atoms with Crippen LogP contribution in [0.25, 0.3) is 0 Å². The van der Waals surface area contributed by atoms with Crippen molar-refractivity contribution in [3.8, 4) is 0 Å². The van der Waals surface area contributed by atoms with E-state index in [1.165, 1.54) is 19.3 Å². The SMILES string of the molecule is C/C=C\[C@H](CC)CCC. The maximum absolute atomic E-state index is 2.31. The first kappa shape index (κ1) is 8.74. The third kappa shape index (κ3) is 4.26. The van der Waals surface area contributed by atoms with Crippen LogP contribution in [0.1, 0.15) is 40.0 Å². The predicted molar refractivity (Wildman–Crippen MR) is 43.5 cm³/mol. The van der Waals surface area contributed by atoms with Crippen molar-refractivity contribution < 1.29 is 0 Å². The van der Waals surface area contributed by atoms with Gasteiger partial charge in [-0.15, -0.1) is 0 Å². The molecule has 0 aromatic heterocycles. The van der Waals surface area contributed by atoms with Crippen molar-refractivity contribution in [3.05, 3.63) is 12.2 Å². The Labute approximate surface area is 59.0 Å². The van der Waals surface area contributed by atoms with Crippen molar-refractivity contribution in [2.24, 2.45) is 5.92 Å². The summed E-state index contributed by atoms with van der Waals surface area (Å²) in [6.45, 7) is 6.59. The van der Waals surface area contributed by atoms with Gasteiger partial charge in [-0.3, -0.25) is 0 Å². The predicted octanol–water partition coefficient (Wildman–Crippen LogP) is 3.39. The molecule has 0 heteroatoms. The molecule has 0 saturated carbocycles. The summed E-state index contributed by atoms with van der Waals surface area (Å²) in [5.74, 6) is 0.833. The van der Waals surface area contributed by atoms with Crippen LogP contribution in [0.5, 0.6) is 0 Å². The molecule has 9 heavy (non-hydrogen) atoms.